The van der Waals surface area contributed by atoms with E-state index in [-0.39, 0.29) is 17.4 Å². The van der Waals surface area contributed by atoms with Crippen molar-refractivity contribution in [1.29, 1.82) is 0 Å². The first kappa shape index (κ1) is 16.5. The average Bonchev–Trinajstić information content (AvgIpc) is 1.19. The Hall–Kier alpha value is 0.0194. The van der Waals surface area contributed by atoms with Crippen molar-refractivity contribution in [3.63, 3.8) is 0 Å². The van der Waals surface area contributed by atoms with Gasteiger partial charge in [0.2, 0.25) is 0 Å². The van der Waals surface area contributed by atoms with Crippen molar-refractivity contribution in [2.45, 2.75) is 0 Å². The summed E-state index contributed by atoms with van der Waals surface area (Å²) >= 11 is 0. The van der Waals surface area contributed by atoms with E-state index < -0.39 is 19.6 Å². The second-order valence-corrected chi connectivity index (χ2v) is 2.02. The standard InChI is InChI=1S/Al.H2O4S.HO3Si/c;1-5(2,3)4;1-4(2)3/h;(H2,1,2,3,4);1H/q+3;;-1/p-2. The fourth-order valence-corrected chi connectivity index (χ4v) is 0. The van der Waals surface area contributed by atoms with E-state index >= 15 is 0 Å². The maximum absolute atomic E-state index is 8.63. The third-order valence-corrected chi connectivity index (χ3v) is 0. The molecule has 0 aromatic rings. The van der Waals surface area contributed by atoms with Crippen molar-refractivity contribution in [3.05, 3.63) is 0 Å². The van der Waals surface area contributed by atoms with Gasteiger partial charge in [-0.3, -0.25) is 8.42 Å². The molecule has 0 aromatic carbocycles. The Kier molecular flexibility index (Phi) is 11.8. The van der Waals surface area contributed by atoms with E-state index in [9.17, 15) is 0 Å². The maximum Gasteiger partial charge on any atom is 3.00 e. The molecule has 0 amide bonds. The fourth-order valence-electron chi connectivity index (χ4n) is 0. The van der Waals surface area contributed by atoms with Crippen molar-refractivity contribution < 1.29 is 31.6 Å². The van der Waals surface area contributed by atoms with Gasteiger partial charge >= 0.3 is 26.5 Å². The Morgan fingerprint density at radius 2 is 1.30 bits per heavy atom. The van der Waals surface area contributed by atoms with Crippen LogP contribution in [0.25, 0.3) is 0 Å². The Balaban J connectivity index is -0.0000000910. The summed E-state index contributed by atoms with van der Waals surface area (Å²) in [7, 11) is -8.55. The first-order valence-corrected chi connectivity index (χ1v) is 3.90. The average molecular weight is 200 g/mol. The third kappa shape index (κ3) is 1060000. The van der Waals surface area contributed by atoms with E-state index in [0.29, 0.717) is 0 Å². The minimum Gasteiger partial charge on any atom is -0.759 e. The summed E-state index contributed by atoms with van der Waals surface area (Å²) < 4.78 is 42.7. The molecule has 0 saturated carbocycles. The zero-order valence-corrected chi connectivity index (χ0v) is 7.35. The van der Waals surface area contributed by atoms with Gasteiger partial charge in [0.25, 0.3) is 0 Å². The monoisotopic (exact) mass is 200 g/mol. The van der Waals surface area contributed by atoms with Crippen molar-refractivity contribution in [2.24, 2.45) is 0 Å². The van der Waals surface area contributed by atoms with Gasteiger partial charge in [0.05, 0.1) is 0 Å². The van der Waals surface area contributed by atoms with Gasteiger partial charge in [-0.1, -0.05) is 0 Å². The molecule has 0 aliphatic rings. The van der Waals surface area contributed by atoms with Gasteiger partial charge < -0.3 is 23.2 Å². The minimum atomic E-state index is -5.17. The van der Waals surface area contributed by atoms with Gasteiger partial charge in [-0.25, -0.2) is 0 Å². The number of rotatable bonds is 0. The van der Waals surface area contributed by atoms with Crippen LogP contribution < -0.4 is 4.80 Å². The molecular formula is HAlO7SSi. The molecule has 0 rings (SSSR count). The van der Waals surface area contributed by atoms with E-state index in [1.54, 1.807) is 0 Å². The van der Waals surface area contributed by atoms with Crippen LogP contribution in [0.5, 0.6) is 0 Å². The Morgan fingerprint density at radius 3 is 1.30 bits per heavy atom. The summed E-state index contributed by atoms with van der Waals surface area (Å²) in [5.41, 5.74) is 0. The SMILES string of the molecule is O=S(=O)([O-])[O-].O=[Si]([O-])O.[Al+3]. The first-order valence-electron chi connectivity index (χ1n) is 1.30. The largest absolute Gasteiger partial charge is 3.00 e. The fraction of sp³-hybridized carbons (Fsp3) is 0. The van der Waals surface area contributed by atoms with Gasteiger partial charge in [-0.2, -0.15) is 0 Å². The zero-order chi connectivity index (χ0) is 8.08. The van der Waals surface area contributed by atoms with Gasteiger partial charge in [-0.05, 0) is 0 Å². The van der Waals surface area contributed by atoms with Gasteiger partial charge in [-0.15, -0.1) is 0 Å². The van der Waals surface area contributed by atoms with Crippen molar-refractivity contribution in [1.82, 2.24) is 0 Å². The summed E-state index contributed by atoms with van der Waals surface area (Å²) in [5.74, 6) is 0. The van der Waals surface area contributed by atoms with Crippen molar-refractivity contribution >= 4 is 36.9 Å². The van der Waals surface area contributed by atoms with Crippen LogP contribution in [0, 0.1) is 0 Å². The van der Waals surface area contributed by atoms with E-state index in [2.05, 4.69) is 0 Å². The molecule has 0 spiro atoms. The van der Waals surface area contributed by atoms with E-state index in [4.69, 9.17) is 31.6 Å². The molecule has 56 valence electrons. The van der Waals surface area contributed by atoms with Crippen LogP contribution in [-0.2, 0) is 14.9 Å². The molecule has 0 atom stereocenters. The van der Waals surface area contributed by atoms with E-state index in [1.807, 2.05) is 0 Å². The third-order valence-electron chi connectivity index (χ3n) is 0. The molecule has 0 unspecified atom stereocenters. The van der Waals surface area contributed by atoms with Gasteiger partial charge in [0.1, 0.15) is 0 Å². The van der Waals surface area contributed by atoms with Crippen LogP contribution in [-0.4, -0.2) is 48.9 Å². The summed E-state index contributed by atoms with van der Waals surface area (Å²) in [6.07, 6.45) is 0. The molecule has 0 radical (unpaired) electrons. The molecule has 0 fully saturated rings. The second kappa shape index (κ2) is 7.13. The molecule has 1 N–H and O–H groups in total. The molecule has 10 heavy (non-hydrogen) atoms. The Morgan fingerprint density at radius 1 is 1.30 bits per heavy atom. The van der Waals surface area contributed by atoms with Crippen LogP contribution in [0.4, 0.5) is 0 Å². The molecule has 0 bridgehead atoms. The van der Waals surface area contributed by atoms with E-state index in [0.717, 1.165) is 0 Å². The number of hydrogen-bond acceptors (Lipinski definition) is 6. The molecule has 0 aliphatic carbocycles. The predicted octanol–water partition coefficient (Wildman–Crippen LogP) is -3.96. The summed E-state index contributed by atoms with van der Waals surface area (Å²) in [4.78, 5) is 15.7. The van der Waals surface area contributed by atoms with Crippen LogP contribution in [0.1, 0.15) is 0 Å². The second-order valence-electron chi connectivity index (χ2n) is 0.674. The molecule has 7 nitrogen and oxygen atoms in total. The quantitative estimate of drug-likeness (QED) is 0.239. The minimum absolute atomic E-state index is 0. The van der Waals surface area contributed by atoms with Gasteiger partial charge in [0.15, 0.2) is 0 Å². The molecule has 0 aliphatic heterocycles. The molecule has 0 aromatic heterocycles. The summed E-state index contributed by atoms with van der Waals surface area (Å²) in [6, 6.07) is 0. The maximum atomic E-state index is 8.63. The molecule has 0 saturated heterocycles. The Labute approximate surface area is 68.9 Å². The summed E-state index contributed by atoms with van der Waals surface area (Å²) in [6.45, 7) is 0. The van der Waals surface area contributed by atoms with Crippen LogP contribution in [0.3, 0.4) is 0 Å². The van der Waals surface area contributed by atoms with Crippen LogP contribution in [0.2, 0.25) is 0 Å². The molecule has 0 heterocycles. The molecular weight excluding hydrogens is 199 g/mol. The van der Waals surface area contributed by atoms with Crippen LogP contribution in [0.15, 0.2) is 0 Å². The molecule has 10 heteroatoms. The Bertz CT molecular complexity index is 156. The first-order chi connectivity index (χ1) is 3.73. The predicted molar refractivity (Wildman–Crippen MR) is 24.9 cm³/mol. The normalized spacial score (nSPS) is 8.20. The zero-order valence-electron chi connectivity index (χ0n) is 4.38. The topological polar surface area (TPSA) is 141 Å². The number of hydrogen-bond donors (Lipinski definition) is 1. The van der Waals surface area contributed by atoms with Crippen LogP contribution >= 0.6 is 0 Å². The smallest absolute Gasteiger partial charge is 0.759 e. The van der Waals surface area contributed by atoms with Gasteiger partial charge in [0, 0.05) is 10.4 Å². The van der Waals surface area contributed by atoms with Crippen molar-refractivity contribution in [2.75, 3.05) is 0 Å². The summed E-state index contributed by atoms with van der Waals surface area (Å²) in [5, 5.41) is 0. The van der Waals surface area contributed by atoms with Crippen molar-refractivity contribution in [3.8, 4) is 0 Å². The van der Waals surface area contributed by atoms with E-state index in [1.165, 1.54) is 0 Å².